The van der Waals surface area contributed by atoms with E-state index in [0.29, 0.717) is 22.4 Å². The fourth-order valence-corrected chi connectivity index (χ4v) is 5.03. The van der Waals surface area contributed by atoms with E-state index in [0.717, 1.165) is 31.2 Å². The number of hydrogen-bond donors (Lipinski definition) is 1. The lowest BCUT2D eigenvalue weighted by molar-refractivity contribution is -0.384. The minimum Gasteiger partial charge on any atom is -0.346 e. The van der Waals surface area contributed by atoms with E-state index in [1.165, 1.54) is 42.4 Å². The van der Waals surface area contributed by atoms with E-state index >= 15 is 0 Å². The fraction of sp³-hybridized carbons (Fsp3) is 0.375. The van der Waals surface area contributed by atoms with Crippen molar-refractivity contribution < 1.29 is 14.1 Å². The van der Waals surface area contributed by atoms with Crippen LogP contribution in [0.3, 0.4) is 0 Å². The van der Waals surface area contributed by atoms with Gasteiger partial charge in [-0.25, -0.2) is 4.39 Å². The second-order valence-electron chi connectivity index (χ2n) is 8.43. The zero-order valence-electron chi connectivity index (χ0n) is 18.8. The number of nitrogens with zero attached hydrogens (tertiary/aromatic N) is 4. The molecule has 1 aliphatic rings. The largest absolute Gasteiger partial charge is 0.346 e. The Bertz CT molecular complexity index is 1140. The summed E-state index contributed by atoms with van der Waals surface area (Å²) in [7, 11) is 0. The molecule has 10 heteroatoms. The lowest BCUT2D eigenvalue weighted by atomic mass is 9.88. The van der Waals surface area contributed by atoms with Crippen LogP contribution in [0.2, 0.25) is 0 Å². The van der Waals surface area contributed by atoms with Gasteiger partial charge < -0.3 is 5.32 Å². The summed E-state index contributed by atoms with van der Waals surface area (Å²) in [5.41, 5.74) is 1.56. The predicted octanol–water partition coefficient (Wildman–Crippen LogP) is 5.36. The van der Waals surface area contributed by atoms with Gasteiger partial charge in [-0.2, -0.15) is 0 Å². The maximum atomic E-state index is 13.2. The molecule has 0 bridgehead atoms. The van der Waals surface area contributed by atoms with Gasteiger partial charge in [0.1, 0.15) is 5.82 Å². The van der Waals surface area contributed by atoms with Crippen molar-refractivity contribution in [3.8, 4) is 5.69 Å². The Hall–Kier alpha value is -3.27. The summed E-state index contributed by atoms with van der Waals surface area (Å²) in [6, 6.07) is 12.0. The van der Waals surface area contributed by atoms with Crippen molar-refractivity contribution in [1.82, 2.24) is 20.1 Å². The standard InChI is InChI=1S/C24H26FN5O3S/c1-16(26-23(31)18-5-3-2-4-6-18)22-27-28-24(34-15-17-7-9-19(25)10-8-17)29(22)20-11-13-21(14-12-20)30(32)33/h7-14,16,18H,2-6,15H2,1H3,(H,26,31). The number of aromatic nitrogens is 3. The Morgan fingerprint density at radius 3 is 2.47 bits per heavy atom. The van der Waals surface area contributed by atoms with E-state index in [4.69, 9.17) is 0 Å². The third-order valence-electron chi connectivity index (χ3n) is 5.98. The quantitative estimate of drug-likeness (QED) is 0.263. The molecule has 1 saturated carbocycles. The molecule has 1 amide bonds. The molecule has 0 radical (unpaired) electrons. The van der Waals surface area contributed by atoms with Crippen LogP contribution in [0.1, 0.15) is 56.5 Å². The predicted molar refractivity (Wildman–Crippen MR) is 127 cm³/mol. The third kappa shape index (κ3) is 5.61. The van der Waals surface area contributed by atoms with Crippen molar-refractivity contribution >= 4 is 23.4 Å². The van der Waals surface area contributed by atoms with Crippen molar-refractivity contribution in [2.24, 2.45) is 5.92 Å². The Labute approximate surface area is 201 Å². The minimum absolute atomic E-state index is 0.0132. The maximum Gasteiger partial charge on any atom is 0.269 e. The number of nitro benzene ring substituents is 1. The number of nitrogens with one attached hydrogen (secondary N) is 1. The topological polar surface area (TPSA) is 103 Å². The molecule has 1 N–H and O–H groups in total. The SMILES string of the molecule is CC(NC(=O)C1CCCCC1)c1nnc(SCc2ccc(F)cc2)n1-c1ccc([N+](=O)[O-])cc1. The number of halogens is 1. The number of benzene rings is 2. The number of amides is 1. The lowest BCUT2D eigenvalue weighted by Gasteiger charge is -2.23. The molecule has 0 spiro atoms. The van der Waals surface area contributed by atoms with Crippen molar-refractivity contribution in [2.45, 2.75) is 56.0 Å². The van der Waals surface area contributed by atoms with Crippen LogP contribution < -0.4 is 5.32 Å². The summed E-state index contributed by atoms with van der Waals surface area (Å²) in [6.07, 6.45) is 5.09. The van der Waals surface area contributed by atoms with Crippen molar-refractivity contribution in [3.05, 3.63) is 75.9 Å². The van der Waals surface area contributed by atoms with Crippen LogP contribution in [0, 0.1) is 21.8 Å². The Kier molecular flexibility index (Phi) is 7.56. The summed E-state index contributed by atoms with van der Waals surface area (Å²) in [6.45, 7) is 1.86. The van der Waals surface area contributed by atoms with Gasteiger partial charge in [0.2, 0.25) is 5.91 Å². The van der Waals surface area contributed by atoms with Gasteiger partial charge in [-0.15, -0.1) is 10.2 Å². The third-order valence-corrected chi connectivity index (χ3v) is 6.98. The molecule has 2 aromatic carbocycles. The Morgan fingerprint density at radius 1 is 1.15 bits per heavy atom. The van der Waals surface area contributed by atoms with Gasteiger partial charge in [-0.1, -0.05) is 43.2 Å². The number of nitro groups is 1. The summed E-state index contributed by atoms with van der Waals surface area (Å²) in [4.78, 5) is 23.5. The van der Waals surface area contributed by atoms with E-state index in [2.05, 4.69) is 15.5 Å². The molecule has 34 heavy (non-hydrogen) atoms. The number of rotatable bonds is 8. The molecule has 1 atom stereocenters. The van der Waals surface area contributed by atoms with Crippen LogP contribution in [0.15, 0.2) is 53.7 Å². The molecule has 3 aromatic rings. The zero-order chi connectivity index (χ0) is 24.1. The number of hydrogen-bond acceptors (Lipinski definition) is 6. The fourth-order valence-electron chi connectivity index (χ4n) is 4.11. The van der Waals surface area contributed by atoms with Crippen LogP contribution in [-0.2, 0) is 10.5 Å². The highest BCUT2D eigenvalue weighted by molar-refractivity contribution is 7.98. The monoisotopic (exact) mass is 483 g/mol. The minimum atomic E-state index is -0.450. The molecule has 8 nitrogen and oxygen atoms in total. The molecule has 0 saturated heterocycles. The Morgan fingerprint density at radius 2 is 1.82 bits per heavy atom. The summed E-state index contributed by atoms with van der Waals surface area (Å²) in [5.74, 6) is 0.811. The van der Waals surface area contributed by atoms with Crippen LogP contribution in [-0.4, -0.2) is 25.6 Å². The molecule has 178 valence electrons. The van der Waals surface area contributed by atoms with Gasteiger partial charge in [0.15, 0.2) is 11.0 Å². The molecule has 1 fully saturated rings. The first-order valence-corrected chi connectivity index (χ1v) is 12.3. The molecular weight excluding hydrogens is 457 g/mol. The number of carbonyl (C=O) groups is 1. The van der Waals surface area contributed by atoms with Gasteiger partial charge in [0, 0.05) is 29.5 Å². The van der Waals surface area contributed by atoms with Crippen molar-refractivity contribution in [2.75, 3.05) is 0 Å². The van der Waals surface area contributed by atoms with Crippen LogP contribution in [0.4, 0.5) is 10.1 Å². The number of non-ortho nitro benzene ring substituents is 1. The highest BCUT2D eigenvalue weighted by Gasteiger charge is 2.26. The molecule has 4 rings (SSSR count). The zero-order valence-corrected chi connectivity index (χ0v) is 19.6. The van der Waals surface area contributed by atoms with E-state index in [1.807, 2.05) is 11.5 Å². The van der Waals surface area contributed by atoms with Gasteiger partial charge in [-0.05, 0) is 49.6 Å². The molecule has 1 aliphatic carbocycles. The first kappa shape index (κ1) is 23.9. The average Bonchev–Trinajstić information content (AvgIpc) is 3.28. The summed E-state index contributed by atoms with van der Waals surface area (Å²) >= 11 is 1.42. The first-order valence-electron chi connectivity index (χ1n) is 11.3. The number of carbonyl (C=O) groups excluding carboxylic acids is 1. The second kappa shape index (κ2) is 10.8. The average molecular weight is 484 g/mol. The van der Waals surface area contributed by atoms with E-state index in [-0.39, 0.29) is 23.3 Å². The molecule has 0 aliphatic heterocycles. The smallest absolute Gasteiger partial charge is 0.269 e. The van der Waals surface area contributed by atoms with E-state index in [1.54, 1.807) is 24.3 Å². The van der Waals surface area contributed by atoms with E-state index in [9.17, 15) is 19.3 Å². The van der Waals surface area contributed by atoms with Gasteiger partial charge in [0.05, 0.1) is 11.0 Å². The highest BCUT2D eigenvalue weighted by atomic mass is 32.2. The Balaban J connectivity index is 1.60. The van der Waals surface area contributed by atoms with Crippen LogP contribution in [0.5, 0.6) is 0 Å². The second-order valence-corrected chi connectivity index (χ2v) is 9.37. The number of thioether (sulfide) groups is 1. The van der Waals surface area contributed by atoms with Crippen LogP contribution in [0.25, 0.3) is 5.69 Å². The van der Waals surface area contributed by atoms with E-state index < -0.39 is 11.0 Å². The normalized spacial score (nSPS) is 15.1. The summed E-state index contributed by atoms with van der Waals surface area (Å²) < 4.78 is 15.0. The van der Waals surface area contributed by atoms with Gasteiger partial charge in [0.25, 0.3) is 5.69 Å². The van der Waals surface area contributed by atoms with Crippen molar-refractivity contribution in [1.29, 1.82) is 0 Å². The highest BCUT2D eigenvalue weighted by Crippen LogP contribution is 2.29. The molecular formula is C24H26FN5O3S. The first-order chi connectivity index (χ1) is 16.4. The molecule has 1 unspecified atom stereocenters. The van der Waals surface area contributed by atoms with Gasteiger partial charge >= 0.3 is 0 Å². The lowest BCUT2D eigenvalue weighted by Crippen LogP contribution is -2.34. The maximum absolute atomic E-state index is 13.2. The van der Waals surface area contributed by atoms with Crippen molar-refractivity contribution in [3.63, 3.8) is 0 Å². The molecule has 1 heterocycles. The molecule has 1 aromatic heterocycles. The van der Waals surface area contributed by atoms with Gasteiger partial charge in [-0.3, -0.25) is 19.5 Å². The van der Waals surface area contributed by atoms with Crippen LogP contribution >= 0.6 is 11.8 Å². The summed E-state index contributed by atoms with van der Waals surface area (Å²) in [5, 5.41) is 23.4.